The first-order valence-electron chi connectivity index (χ1n) is 8.55. The molecule has 0 N–H and O–H groups in total. The molecule has 0 fully saturated rings. The van der Waals surface area contributed by atoms with Crippen molar-refractivity contribution in [3.63, 3.8) is 0 Å². The fraction of sp³-hybridized carbons (Fsp3) is 0.889. The van der Waals surface area contributed by atoms with Gasteiger partial charge in [0.2, 0.25) is 0 Å². The first-order valence-corrected chi connectivity index (χ1v) is 8.55. The molecule has 0 aromatic rings. The van der Waals surface area contributed by atoms with Gasteiger partial charge >= 0.3 is 0 Å². The number of hydrogen-bond acceptors (Lipinski definition) is 1. The summed E-state index contributed by atoms with van der Waals surface area (Å²) in [6, 6.07) is 0. The Kier molecular flexibility index (Phi) is 15.2. The van der Waals surface area contributed by atoms with Crippen LogP contribution in [0.4, 0.5) is 0 Å². The van der Waals surface area contributed by atoms with E-state index in [4.69, 9.17) is 4.74 Å². The fourth-order valence-corrected chi connectivity index (χ4v) is 2.37. The van der Waals surface area contributed by atoms with Crippen LogP contribution in [0.15, 0.2) is 12.3 Å². The van der Waals surface area contributed by atoms with Gasteiger partial charge in [-0.05, 0) is 13.3 Å². The van der Waals surface area contributed by atoms with Gasteiger partial charge in [-0.25, -0.2) is 0 Å². The van der Waals surface area contributed by atoms with E-state index in [1.165, 1.54) is 83.5 Å². The minimum absolute atomic E-state index is 0.846. The molecule has 0 aromatic carbocycles. The zero-order valence-corrected chi connectivity index (χ0v) is 13.5. The van der Waals surface area contributed by atoms with Crippen molar-refractivity contribution in [2.75, 3.05) is 6.61 Å². The summed E-state index contributed by atoms with van der Waals surface area (Å²) in [5, 5.41) is 0. The Hall–Kier alpha value is -0.460. The summed E-state index contributed by atoms with van der Waals surface area (Å²) in [5.41, 5.74) is 0. The molecule has 0 radical (unpaired) electrons. The van der Waals surface area contributed by atoms with Crippen LogP contribution in [0.25, 0.3) is 0 Å². The topological polar surface area (TPSA) is 9.23 Å². The molecule has 0 spiro atoms. The first kappa shape index (κ1) is 18.5. The molecule has 19 heavy (non-hydrogen) atoms. The Morgan fingerprint density at radius 3 is 1.42 bits per heavy atom. The summed E-state index contributed by atoms with van der Waals surface area (Å²) >= 11 is 0. The van der Waals surface area contributed by atoms with Crippen LogP contribution in [-0.4, -0.2) is 6.61 Å². The minimum atomic E-state index is 0.846. The average Bonchev–Trinajstić information content (AvgIpc) is 2.39. The van der Waals surface area contributed by atoms with E-state index >= 15 is 0 Å². The predicted octanol–water partition coefficient (Wildman–Crippen LogP) is 6.63. The highest BCUT2D eigenvalue weighted by molar-refractivity contribution is 4.73. The van der Waals surface area contributed by atoms with Gasteiger partial charge in [0.25, 0.3) is 0 Å². The van der Waals surface area contributed by atoms with Crippen molar-refractivity contribution in [2.24, 2.45) is 0 Å². The molecule has 0 aliphatic rings. The molecule has 1 heteroatoms. The third-order valence-corrected chi connectivity index (χ3v) is 3.60. The Labute approximate surface area is 121 Å². The number of rotatable bonds is 15. The van der Waals surface area contributed by atoms with Crippen molar-refractivity contribution in [3.05, 3.63) is 12.3 Å². The summed E-state index contributed by atoms with van der Waals surface area (Å²) in [5.74, 6) is 0.846. The van der Waals surface area contributed by atoms with Crippen LogP contribution in [0.5, 0.6) is 0 Å². The number of unbranched alkanes of at least 4 members (excludes halogenated alkanes) is 12. The molecule has 0 aliphatic heterocycles. The second-order valence-electron chi connectivity index (χ2n) is 5.79. The molecule has 0 heterocycles. The van der Waals surface area contributed by atoms with Gasteiger partial charge in [-0.2, -0.15) is 0 Å². The maximum absolute atomic E-state index is 5.35. The Morgan fingerprint density at radius 2 is 1.05 bits per heavy atom. The summed E-state index contributed by atoms with van der Waals surface area (Å²) in [6.07, 6.45) is 18.2. The van der Waals surface area contributed by atoms with Crippen molar-refractivity contribution in [1.82, 2.24) is 0 Å². The molecule has 0 unspecified atom stereocenters. The van der Waals surface area contributed by atoms with Crippen molar-refractivity contribution in [3.8, 4) is 0 Å². The van der Waals surface area contributed by atoms with E-state index in [9.17, 15) is 0 Å². The third-order valence-electron chi connectivity index (χ3n) is 3.60. The second-order valence-corrected chi connectivity index (χ2v) is 5.79. The summed E-state index contributed by atoms with van der Waals surface area (Å²) < 4.78 is 5.35. The predicted molar refractivity (Wildman–Crippen MR) is 86.5 cm³/mol. The number of allylic oxidation sites excluding steroid dienone is 1. The van der Waals surface area contributed by atoms with E-state index in [1.54, 1.807) is 0 Å². The van der Waals surface area contributed by atoms with E-state index in [-0.39, 0.29) is 0 Å². The normalized spacial score (nSPS) is 10.6. The number of hydrogen-bond donors (Lipinski definition) is 0. The molecule has 0 rings (SSSR count). The SMILES string of the molecule is C=C(C)OCCCCCCCCCCCCCCC. The Bertz CT molecular complexity index is 186. The van der Waals surface area contributed by atoms with Crippen LogP contribution in [0.1, 0.15) is 97.3 Å². The van der Waals surface area contributed by atoms with Gasteiger partial charge in [-0.3, -0.25) is 0 Å². The third kappa shape index (κ3) is 17.5. The highest BCUT2D eigenvalue weighted by Crippen LogP contribution is 2.12. The molecule has 0 atom stereocenters. The maximum Gasteiger partial charge on any atom is 0.0876 e. The van der Waals surface area contributed by atoms with Crippen molar-refractivity contribution >= 4 is 0 Å². The van der Waals surface area contributed by atoms with E-state index in [1.807, 2.05) is 6.92 Å². The van der Waals surface area contributed by atoms with Gasteiger partial charge in [0.1, 0.15) is 0 Å². The Balaban J connectivity index is 2.93. The largest absolute Gasteiger partial charge is 0.499 e. The van der Waals surface area contributed by atoms with Gasteiger partial charge < -0.3 is 4.74 Å². The molecular weight excluding hydrogens is 232 g/mol. The molecule has 0 saturated heterocycles. The standard InChI is InChI=1S/C18H36O/c1-4-5-6-7-8-9-10-11-12-13-14-15-16-17-19-18(2)3/h2,4-17H2,1,3H3. The molecule has 0 amide bonds. The van der Waals surface area contributed by atoms with E-state index in [0.29, 0.717) is 0 Å². The molecule has 114 valence electrons. The molecule has 0 aliphatic carbocycles. The zero-order chi connectivity index (χ0) is 14.2. The average molecular weight is 268 g/mol. The quantitative estimate of drug-likeness (QED) is 0.239. The minimum Gasteiger partial charge on any atom is -0.499 e. The highest BCUT2D eigenvalue weighted by atomic mass is 16.5. The lowest BCUT2D eigenvalue weighted by Gasteiger charge is -2.05. The van der Waals surface area contributed by atoms with Crippen molar-refractivity contribution < 1.29 is 4.74 Å². The van der Waals surface area contributed by atoms with Gasteiger partial charge in [0.05, 0.1) is 12.4 Å². The summed E-state index contributed by atoms with van der Waals surface area (Å²) in [6.45, 7) is 8.79. The van der Waals surface area contributed by atoms with E-state index in [2.05, 4.69) is 13.5 Å². The smallest absolute Gasteiger partial charge is 0.0876 e. The van der Waals surface area contributed by atoms with Gasteiger partial charge in [0, 0.05) is 0 Å². The van der Waals surface area contributed by atoms with Gasteiger partial charge in [0.15, 0.2) is 0 Å². The summed E-state index contributed by atoms with van der Waals surface area (Å²) in [4.78, 5) is 0. The lowest BCUT2D eigenvalue weighted by molar-refractivity contribution is 0.208. The summed E-state index contributed by atoms with van der Waals surface area (Å²) in [7, 11) is 0. The van der Waals surface area contributed by atoms with Crippen LogP contribution in [0, 0.1) is 0 Å². The molecular formula is C18H36O. The fourth-order valence-electron chi connectivity index (χ4n) is 2.37. The highest BCUT2D eigenvalue weighted by Gasteiger charge is 1.94. The van der Waals surface area contributed by atoms with Gasteiger partial charge in [-0.1, -0.05) is 90.6 Å². The van der Waals surface area contributed by atoms with E-state index < -0.39 is 0 Å². The second kappa shape index (κ2) is 15.6. The van der Waals surface area contributed by atoms with Crippen LogP contribution in [0.2, 0.25) is 0 Å². The van der Waals surface area contributed by atoms with Crippen LogP contribution < -0.4 is 0 Å². The van der Waals surface area contributed by atoms with Crippen molar-refractivity contribution in [2.45, 2.75) is 97.3 Å². The van der Waals surface area contributed by atoms with Crippen LogP contribution >= 0.6 is 0 Å². The lowest BCUT2D eigenvalue weighted by Crippen LogP contribution is -1.91. The maximum atomic E-state index is 5.35. The van der Waals surface area contributed by atoms with Crippen LogP contribution in [0.3, 0.4) is 0 Å². The monoisotopic (exact) mass is 268 g/mol. The molecule has 1 nitrogen and oxygen atoms in total. The Morgan fingerprint density at radius 1 is 0.684 bits per heavy atom. The van der Waals surface area contributed by atoms with E-state index in [0.717, 1.165) is 12.4 Å². The first-order chi connectivity index (χ1) is 9.27. The molecule has 0 saturated carbocycles. The molecule has 0 bridgehead atoms. The molecule has 0 aromatic heterocycles. The van der Waals surface area contributed by atoms with Crippen LogP contribution in [-0.2, 0) is 4.74 Å². The van der Waals surface area contributed by atoms with Gasteiger partial charge in [-0.15, -0.1) is 0 Å². The zero-order valence-electron chi connectivity index (χ0n) is 13.5. The number of ether oxygens (including phenoxy) is 1. The van der Waals surface area contributed by atoms with Crippen molar-refractivity contribution in [1.29, 1.82) is 0 Å². The lowest BCUT2D eigenvalue weighted by atomic mass is 10.0.